The molecule has 2 N–H and O–H groups in total. The Morgan fingerprint density at radius 1 is 0.875 bits per heavy atom. The van der Waals surface area contributed by atoms with Gasteiger partial charge in [0, 0.05) is 5.69 Å². The van der Waals surface area contributed by atoms with Gasteiger partial charge in [-0.05, 0) is 36.4 Å². The zero-order valence-corrected chi connectivity index (χ0v) is 13.4. The molecule has 0 aliphatic heterocycles. The molecule has 122 valence electrons. The van der Waals surface area contributed by atoms with Crippen LogP contribution in [0, 0.1) is 0 Å². The van der Waals surface area contributed by atoms with Crippen LogP contribution >= 0.6 is 0 Å². The molecular weight excluding hydrogens is 306 g/mol. The van der Waals surface area contributed by atoms with Crippen LogP contribution in [0.1, 0.15) is 0 Å². The van der Waals surface area contributed by atoms with E-state index in [4.69, 9.17) is 9.47 Å². The van der Waals surface area contributed by atoms with E-state index in [1.54, 1.807) is 20.4 Å². The molecule has 7 heteroatoms. The summed E-state index contributed by atoms with van der Waals surface area (Å²) in [7, 11) is 3.25. The van der Waals surface area contributed by atoms with Gasteiger partial charge in [0.15, 0.2) is 5.82 Å². The van der Waals surface area contributed by atoms with Gasteiger partial charge < -0.3 is 20.1 Å². The summed E-state index contributed by atoms with van der Waals surface area (Å²) in [5, 5.41) is 14.2. The van der Waals surface area contributed by atoms with E-state index < -0.39 is 0 Å². The predicted molar refractivity (Wildman–Crippen MR) is 92.4 cm³/mol. The van der Waals surface area contributed by atoms with Gasteiger partial charge in [-0.15, -0.1) is 5.10 Å². The van der Waals surface area contributed by atoms with Crippen LogP contribution in [0.15, 0.2) is 54.7 Å². The number of nitrogens with zero attached hydrogens (tertiary/aromatic N) is 3. The van der Waals surface area contributed by atoms with Crippen LogP contribution in [0.25, 0.3) is 0 Å². The first-order valence-corrected chi connectivity index (χ1v) is 7.29. The van der Waals surface area contributed by atoms with E-state index in [9.17, 15) is 0 Å². The number of anilines is 4. The van der Waals surface area contributed by atoms with Crippen molar-refractivity contribution in [2.24, 2.45) is 0 Å². The van der Waals surface area contributed by atoms with Crippen molar-refractivity contribution >= 4 is 23.1 Å². The Kier molecular flexibility index (Phi) is 4.71. The van der Waals surface area contributed by atoms with Crippen LogP contribution < -0.4 is 20.1 Å². The maximum Gasteiger partial charge on any atom is 0.249 e. The lowest BCUT2D eigenvalue weighted by molar-refractivity contribution is 0.415. The third-order valence-electron chi connectivity index (χ3n) is 3.27. The van der Waals surface area contributed by atoms with Gasteiger partial charge in [0.1, 0.15) is 11.5 Å². The van der Waals surface area contributed by atoms with Gasteiger partial charge in [-0.3, -0.25) is 0 Å². The van der Waals surface area contributed by atoms with Crippen LogP contribution in [0.2, 0.25) is 0 Å². The molecule has 0 aliphatic carbocycles. The number of hydrogen-bond acceptors (Lipinski definition) is 7. The molecule has 0 amide bonds. The fourth-order valence-electron chi connectivity index (χ4n) is 2.11. The number of ether oxygens (including phenoxy) is 2. The molecule has 24 heavy (non-hydrogen) atoms. The minimum absolute atomic E-state index is 0.389. The summed E-state index contributed by atoms with van der Waals surface area (Å²) in [5.74, 6) is 2.46. The molecule has 0 bridgehead atoms. The topological polar surface area (TPSA) is 81.2 Å². The molecule has 3 rings (SSSR count). The van der Waals surface area contributed by atoms with Crippen molar-refractivity contribution in [1.29, 1.82) is 0 Å². The lowest BCUT2D eigenvalue weighted by Crippen LogP contribution is -2.03. The Morgan fingerprint density at radius 2 is 1.67 bits per heavy atom. The largest absolute Gasteiger partial charge is 0.497 e. The Labute approximate surface area is 139 Å². The first-order valence-electron chi connectivity index (χ1n) is 7.29. The minimum Gasteiger partial charge on any atom is -0.497 e. The fourth-order valence-corrected chi connectivity index (χ4v) is 2.11. The third-order valence-corrected chi connectivity index (χ3v) is 3.27. The number of methoxy groups -OCH3 is 2. The van der Waals surface area contributed by atoms with Crippen molar-refractivity contribution in [3.05, 3.63) is 54.7 Å². The average Bonchev–Trinajstić information content (AvgIpc) is 2.63. The smallest absolute Gasteiger partial charge is 0.249 e. The quantitative estimate of drug-likeness (QED) is 0.719. The van der Waals surface area contributed by atoms with Crippen molar-refractivity contribution in [2.75, 3.05) is 24.9 Å². The summed E-state index contributed by atoms with van der Waals surface area (Å²) < 4.78 is 10.4. The molecule has 7 nitrogen and oxygen atoms in total. The molecule has 0 fully saturated rings. The Balaban J connectivity index is 1.76. The second-order valence-corrected chi connectivity index (χ2v) is 4.84. The summed E-state index contributed by atoms with van der Waals surface area (Å²) in [5.41, 5.74) is 1.64. The zero-order chi connectivity index (χ0) is 16.8. The lowest BCUT2D eigenvalue weighted by Gasteiger charge is -2.11. The van der Waals surface area contributed by atoms with E-state index >= 15 is 0 Å². The van der Waals surface area contributed by atoms with E-state index in [1.165, 1.54) is 0 Å². The van der Waals surface area contributed by atoms with Crippen molar-refractivity contribution in [3.8, 4) is 11.5 Å². The first-order chi connectivity index (χ1) is 11.8. The molecule has 1 aromatic heterocycles. The second-order valence-electron chi connectivity index (χ2n) is 4.84. The Morgan fingerprint density at radius 3 is 2.42 bits per heavy atom. The minimum atomic E-state index is 0.389. The summed E-state index contributed by atoms with van der Waals surface area (Å²) in [6.45, 7) is 0. The molecule has 0 saturated heterocycles. The van der Waals surface area contributed by atoms with Gasteiger partial charge in [0.05, 0.1) is 26.1 Å². The van der Waals surface area contributed by atoms with Crippen LogP contribution in [-0.2, 0) is 0 Å². The molecule has 3 aromatic rings. The summed E-state index contributed by atoms with van der Waals surface area (Å²) in [6.07, 6.45) is 1.55. The summed E-state index contributed by atoms with van der Waals surface area (Å²) in [4.78, 5) is 4.40. The normalized spacial score (nSPS) is 10.1. The zero-order valence-electron chi connectivity index (χ0n) is 13.4. The molecule has 1 heterocycles. The van der Waals surface area contributed by atoms with Crippen molar-refractivity contribution in [3.63, 3.8) is 0 Å². The SMILES string of the molecule is COc1ccc(Nc2nncc(Nc3ccccc3OC)n2)cc1. The highest BCUT2D eigenvalue weighted by Crippen LogP contribution is 2.26. The highest BCUT2D eigenvalue weighted by Gasteiger charge is 2.05. The van der Waals surface area contributed by atoms with Gasteiger partial charge >= 0.3 is 0 Å². The lowest BCUT2D eigenvalue weighted by atomic mass is 10.3. The molecule has 0 radical (unpaired) electrons. The predicted octanol–water partition coefficient (Wildman–Crippen LogP) is 3.38. The Bertz CT molecular complexity index is 808. The van der Waals surface area contributed by atoms with E-state index in [2.05, 4.69) is 25.8 Å². The van der Waals surface area contributed by atoms with E-state index in [-0.39, 0.29) is 0 Å². The third kappa shape index (κ3) is 3.70. The highest BCUT2D eigenvalue weighted by molar-refractivity contribution is 5.64. The maximum atomic E-state index is 5.31. The summed E-state index contributed by atoms with van der Waals surface area (Å²) >= 11 is 0. The van der Waals surface area contributed by atoms with Crippen molar-refractivity contribution in [1.82, 2.24) is 15.2 Å². The van der Waals surface area contributed by atoms with Gasteiger partial charge in [0.2, 0.25) is 5.95 Å². The maximum absolute atomic E-state index is 5.31. The molecular formula is C17H17N5O2. The molecule has 0 spiro atoms. The monoisotopic (exact) mass is 323 g/mol. The molecule has 0 unspecified atom stereocenters. The van der Waals surface area contributed by atoms with Crippen molar-refractivity contribution in [2.45, 2.75) is 0 Å². The number of benzene rings is 2. The number of para-hydroxylation sites is 2. The van der Waals surface area contributed by atoms with Gasteiger partial charge in [0.25, 0.3) is 0 Å². The van der Waals surface area contributed by atoms with Gasteiger partial charge in [-0.25, -0.2) is 0 Å². The molecule has 2 aromatic carbocycles. The number of aromatic nitrogens is 3. The average molecular weight is 323 g/mol. The van der Waals surface area contributed by atoms with E-state index in [0.29, 0.717) is 11.8 Å². The fraction of sp³-hybridized carbons (Fsp3) is 0.118. The molecule has 0 aliphatic rings. The number of hydrogen-bond donors (Lipinski definition) is 2. The van der Waals surface area contributed by atoms with Crippen molar-refractivity contribution < 1.29 is 9.47 Å². The Hall–Kier alpha value is -3.35. The van der Waals surface area contributed by atoms with Crippen LogP contribution in [0.4, 0.5) is 23.1 Å². The number of nitrogens with one attached hydrogen (secondary N) is 2. The summed E-state index contributed by atoms with van der Waals surface area (Å²) in [6, 6.07) is 15.0. The van der Waals surface area contributed by atoms with Crippen LogP contribution in [-0.4, -0.2) is 29.4 Å². The van der Waals surface area contributed by atoms with Gasteiger partial charge in [-0.1, -0.05) is 12.1 Å². The highest BCUT2D eigenvalue weighted by atomic mass is 16.5. The van der Waals surface area contributed by atoms with E-state index in [1.807, 2.05) is 48.5 Å². The number of rotatable bonds is 6. The van der Waals surface area contributed by atoms with E-state index in [0.717, 1.165) is 22.9 Å². The van der Waals surface area contributed by atoms with Crippen LogP contribution in [0.3, 0.4) is 0 Å². The first kappa shape index (κ1) is 15.5. The standard InChI is InChI=1S/C17H17N5O2/c1-23-13-9-7-12(8-10-13)19-17-21-16(11-18-22-17)20-14-5-3-4-6-15(14)24-2/h3-11H,1-2H3,(H2,19,20,21,22). The second kappa shape index (κ2) is 7.28. The van der Waals surface area contributed by atoms with Crippen LogP contribution in [0.5, 0.6) is 11.5 Å². The molecule has 0 atom stereocenters. The molecule has 0 saturated carbocycles. The van der Waals surface area contributed by atoms with Gasteiger partial charge in [-0.2, -0.15) is 10.1 Å².